The van der Waals surface area contributed by atoms with Crippen LogP contribution in [0.15, 0.2) is 6.20 Å². The molecule has 1 saturated carbocycles. The van der Waals surface area contributed by atoms with E-state index in [0.717, 1.165) is 31.5 Å². The average molecular weight is 305 g/mol. The zero-order valence-electron chi connectivity index (χ0n) is 13.2. The van der Waals surface area contributed by atoms with Gasteiger partial charge in [0.1, 0.15) is 0 Å². The lowest BCUT2D eigenvalue weighted by Crippen LogP contribution is -2.30. The van der Waals surface area contributed by atoms with Gasteiger partial charge in [-0.25, -0.2) is 0 Å². The highest BCUT2D eigenvalue weighted by Gasteiger charge is 2.47. The second kappa shape index (κ2) is 5.74. The monoisotopic (exact) mass is 305 g/mol. The third-order valence-corrected chi connectivity index (χ3v) is 4.83. The lowest BCUT2D eigenvalue weighted by molar-refractivity contribution is -0.142. The maximum Gasteiger partial charge on any atom is 0.308 e. The fraction of sp³-hybridized carbons (Fsp3) is 0.688. The topological polar surface area (TPSA) is 75.4 Å². The van der Waals surface area contributed by atoms with Crippen molar-refractivity contribution in [2.75, 3.05) is 13.1 Å². The minimum absolute atomic E-state index is 0.0748. The largest absolute Gasteiger partial charge is 0.481 e. The molecule has 0 bridgehead atoms. The van der Waals surface area contributed by atoms with Crippen molar-refractivity contribution in [3.63, 3.8) is 0 Å². The Morgan fingerprint density at radius 1 is 1.36 bits per heavy atom. The van der Waals surface area contributed by atoms with Gasteiger partial charge in [-0.3, -0.25) is 14.3 Å². The number of hydrogen-bond donors (Lipinski definition) is 1. The fourth-order valence-electron chi connectivity index (χ4n) is 3.50. The molecule has 0 spiro atoms. The van der Waals surface area contributed by atoms with Gasteiger partial charge < -0.3 is 10.0 Å². The number of amides is 1. The van der Waals surface area contributed by atoms with Gasteiger partial charge in [-0.15, -0.1) is 0 Å². The number of rotatable bonds is 5. The number of carbonyl (C=O) groups excluding carboxylic acids is 1. The summed E-state index contributed by atoms with van der Waals surface area (Å²) >= 11 is 0. The molecule has 22 heavy (non-hydrogen) atoms. The minimum Gasteiger partial charge on any atom is -0.481 e. The van der Waals surface area contributed by atoms with Gasteiger partial charge in [0.25, 0.3) is 5.91 Å². The zero-order chi connectivity index (χ0) is 15.9. The molecule has 0 aromatic carbocycles. The predicted octanol–water partition coefficient (Wildman–Crippen LogP) is 1.78. The quantitative estimate of drug-likeness (QED) is 0.900. The number of aryl methyl sites for hydroxylation is 2. The van der Waals surface area contributed by atoms with E-state index in [4.69, 9.17) is 0 Å². The summed E-state index contributed by atoms with van der Waals surface area (Å²) in [5.41, 5.74) is 1.33. The number of nitrogens with zero attached hydrogens (tertiary/aromatic N) is 3. The van der Waals surface area contributed by atoms with Crippen molar-refractivity contribution in [3.05, 3.63) is 17.5 Å². The molecule has 3 rings (SSSR count). The van der Waals surface area contributed by atoms with E-state index in [9.17, 15) is 14.7 Å². The van der Waals surface area contributed by atoms with Gasteiger partial charge in [0.2, 0.25) is 0 Å². The van der Waals surface area contributed by atoms with Gasteiger partial charge >= 0.3 is 5.97 Å². The van der Waals surface area contributed by atoms with Crippen molar-refractivity contribution in [1.29, 1.82) is 0 Å². The van der Waals surface area contributed by atoms with Crippen LogP contribution in [-0.2, 0) is 11.3 Å². The number of likely N-dealkylation sites (tertiary alicyclic amines) is 1. The second-order valence-corrected chi connectivity index (χ2v) is 6.55. The van der Waals surface area contributed by atoms with Gasteiger partial charge in [-0.1, -0.05) is 6.92 Å². The highest BCUT2D eigenvalue weighted by atomic mass is 16.4. The summed E-state index contributed by atoms with van der Waals surface area (Å²) in [4.78, 5) is 25.9. The number of aromatic nitrogens is 2. The summed E-state index contributed by atoms with van der Waals surface area (Å²) < 4.78 is 1.80. The molecule has 2 fully saturated rings. The van der Waals surface area contributed by atoms with Crippen LogP contribution in [0.4, 0.5) is 0 Å². The molecule has 1 saturated heterocycles. The Hall–Kier alpha value is -1.85. The van der Waals surface area contributed by atoms with E-state index in [2.05, 4.69) is 12.0 Å². The third-order valence-electron chi connectivity index (χ3n) is 4.83. The smallest absolute Gasteiger partial charge is 0.308 e. The molecular formula is C16H23N3O3. The van der Waals surface area contributed by atoms with Gasteiger partial charge in [0.15, 0.2) is 0 Å². The Morgan fingerprint density at radius 3 is 2.68 bits per heavy atom. The van der Waals surface area contributed by atoms with Crippen LogP contribution in [0, 0.1) is 24.7 Å². The highest BCUT2D eigenvalue weighted by molar-refractivity contribution is 5.95. The molecule has 2 atom stereocenters. The third kappa shape index (κ3) is 2.74. The maximum atomic E-state index is 12.7. The molecule has 1 aromatic rings. The highest BCUT2D eigenvalue weighted by Crippen LogP contribution is 2.44. The van der Waals surface area contributed by atoms with Crippen LogP contribution >= 0.6 is 0 Å². The summed E-state index contributed by atoms with van der Waals surface area (Å²) in [5, 5.41) is 13.8. The standard InChI is InChI=1S/C16H23N3O3/c1-3-6-19-9-12(10(2)17-19)15(20)18-7-13(11-4-5-11)14(8-18)16(21)22/h9,11,13-14H,3-8H2,1-2H3,(H,21,22)/t13-,14+/m1/s1. The Bertz CT molecular complexity index is 591. The summed E-state index contributed by atoms with van der Waals surface area (Å²) in [5.74, 6) is -0.655. The molecule has 6 heteroatoms. The number of hydrogen-bond acceptors (Lipinski definition) is 3. The first kappa shape index (κ1) is 15.1. The molecule has 120 valence electrons. The van der Waals surface area contributed by atoms with Crippen molar-refractivity contribution in [1.82, 2.24) is 14.7 Å². The van der Waals surface area contributed by atoms with Crippen LogP contribution in [0.25, 0.3) is 0 Å². The van der Waals surface area contributed by atoms with Crippen LogP contribution in [-0.4, -0.2) is 44.8 Å². The molecule has 1 aliphatic heterocycles. The van der Waals surface area contributed by atoms with E-state index < -0.39 is 11.9 Å². The van der Waals surface area contributed by atoms with E-state index in [0.29, 0.717) is 24.6 Å². The molecule has 0 radical (unpaired) electrons. The number of aliphatic carboxylic acids is 1. The van der Waals surface area contributed by atoms with Crippen LogP contribution in [0.2, 0.25) is 0 Å². The van der Waals surface area contributed by atoms with Crippen molar-refractivity contribution >= 4 is 11.9 Å². The first-order valence-electron chi connectivity index (χ1n) is 8.07. The normalized spacial score (nSPS) is 24.7. The molecule has 2 aliphatic rings. The van der Waals surface area contributed by atoms with Crippen molar-refractivity contribution in [3.8, 4) is 0 Å². The Kier molecular flexibility index (Phi) is 3.93. The summed E-state index contributed by atoms with van der Waals surface area (Å²) in [7, 11) is 0. The van der Waals surface area contributed by atoms with Gasteiger partial charge in [-0.2, -0.15) is 5.10 Å². The van der Waals surface area contributed by atoms with Crippen molar-refractivity contribution in [2.24, 2.45) is 17.8 Å². The van der Waals surface area contributed by atoms with Crippen LogP contribution < -0.4 is 0 Å². The Balaban J connectivity index is 1.76. The summed E-state index contributed by atoms with van der Waals surface area (Å²) in [6.45, 7) is 5.59. The van der Waals surface area contributed by atoms with Crippen LogP contribution in [0.3, 0.4) is 0 Å². The molecule has 1 aromatic heterocycles. The molecule has 1 amide bonds. The van der Waals surface area contributed by atoms with Crippen LogP contribution in [0.5, 0.6) is 0 Å². The first-order chi connectivity index (χ1) is 10.5. The van der Waals surface area contributed by atoms with E-state index in [1.165, 1.54) is 0 Å². The number of carboxylic acids is 1. The molecule has 1 aliphatic carbocycles. The van der Waals surface area contributed by atoms with E-state index >= 15 is 0 Å². The van der Waals surface area contributed by atoms with E-state index in [1.807, 2.05) is 6.92 Å². The molecule has 0 unspecified atom stereocenters. The molecular weight excluding hydrogens is 282 g/mol. The minimum atomic E-state index is -0.773. The summed E-state index contributed by atoms with van der Waals surface area (Å²) in [6.07, 6.45) is 4.96. The SMILES string of the molecule is CCCn1cc(C(=O)N2C[C@H](C(=O)O)[C@@H](C3CC3)C2)c(C)n1. The van der Waals surface area contributed by atoms with E-state index in [1.54, 1.807) is 15.8 Å². The maximum absolute atomic E-state index is 12.7. The van der Waals surface area contributed by atoms with Gasteiger partial charge in [0, 0.05) is 25.8 Å². The Morgan fingerprint density at radius 2 is 2.09 bits per heavy atom. The number of carbonyl (C=O) groups is 2. The van der Waals surface area contributed by atoms with Crippen molar-refractivity contribution in [2.45, 2.75) is 39.7 Å². The average Bonchev–Trinajstić information content (AvgIpc) is 3.10. The fourth-order valence-corrected chi connectivity index (χ4v) is 3.50. The molecule has 2 heterocycles. The molecule has 6 nitrogen and oxygen atoms in total. The number of carboxylic acid groups (broad SMARTS) is 1. The van der Waals surface area contributed by atoms with Gasteiger partial charge in [-0.05, 0) is 38.0 Å². The molecule has 1 N–H and O–H groups in total. The lowest BCUT2D eigenvalue weighted by atomic mass is 9.92. The van der Waals surface area contributed by atoms with Crippen LogP contribution in [0.1, 0.15) is 42.2 Å². The second-order valence-electron chi connectivity index (χ2n) is 6.55. The van der Waals surface area contributed by atoms with Gasteiger partial charge in [0.05, 0.1) is 17.2 Å². The lowest BCUT2D eigenvalue weighted by Gasteiger charge is -2.15. The summed E-state index contributed by atoms with van der Waals surface area (Å²) in [6, 6.07) is 0. The zero-order valence-corrected chi connectivity index (χ0v) is 13.2. The van der Waals surface area contributed by atoms with E-state index in [-0.39, 0.29) is 11.8 Å². The predicted molar refractivity (Wildman–Crippen MR) is 80.5 cm³/mol. The Labute approximate surface area is 130 Å². The van der Waals surface area contributed by atoms with Crippen molar-refractivity contribution < 1.29 is 14.7 Å². The first-order valence-corrected chi connectivity index (χ1v) is 8.07.